The van der Waals surface area contributed by atoms with E-state index < -0.39 is 0 Å². The molecule has 0 aliphatic heterocycles. The molecule has 1 heterocycles. The standard InChI is InChI=1S/C16H24N4O2/c1-3-11-20(2)12-7-5-4-6-8-13-9-10-18-14(15(13)21)16(17)19-22/h1,9-10,21-22H,4-8,11-12H2,2H3,(H2,17,19). The van der Waals surface area contributed by atoms with Crippen LogP contribution in [-0.2, 0) is 6.42 Å². The predicted octanol–water partition coefficient (Wildman–Crippen LogP) is 1.55. The van der Waals surface area contributed by atoms with Crippen LogP contribution in [0.4, 0.5) is 0 Å². The number of aromatic hydroxyl groups is 1. The molecule has 1 aromatic rings. The van der Waals surface area contributed by atoms with E-state index >= 15 is 0 Å². The van der Waals surface area contributed by atoms with Crippen LogP contribution in [0.1, 0.15) is 36.9 Å². The minimum absolute atomic E-state index is 0.00782. The van der Waals surface area contributed by atoms with Crippen molar-refractivity contribution in [3.05, 3.63) is 23.5 Å². The quantitative estimate of drug-likeness (QED) is 0.161. The van der Waals surface area contributed by atoms with Crippen LogP contribution in [0.15, 0.2) is 17.4 Å². The Morgan fingerprint density at radius 2 is 2.14 bits per heavy atom. The first-order valence-corrected chi connectivity index (χ1v) is 7.37. The van der Waals surface area contributed by atoms with Gasteiger partial charge in [-0.2, -0.15) is 0 Å². The number of rotatable bonds is 9. The summed E-state index contributed by atoms with van der Waals surface area (Å²) in [6.45, 7) is 1.68. The van der Waals surface area contributed by atoms with Crippen LogP contribution in [0.3, 0.4) is 0 Å². The summed E-state index contributed by atoms with van der Waals surface area (Å²) < 4.78 is 0. The molecule has 6 nitrogen and oxygen atoms in total. The van der Waals surface area contributed by atoms with E-state index in [-0.39, 0.29) is 17.3 Å². The van der Waals surface area contributed by atoms with Gasteiger partial charge in [-0.25, -0.2) is 4.98 Å². The average molecular weight is 304 g/mol. The Bertz CT molecular complexity index is 537. The van der Waals surface area contributed by atoms with Crippen LogP contribution in [-0.4, -0.2) is 46.2 Å². The molecule has 4 N–H and O–H groups in total. The Kier molecular flexibility index (Phi) is 7.79. The number of oxime groups is 1. The lowest BCUT2D eigenvalue weighted by Gasteiger charge is -2.12. The lowest BCUT2D eigenvalue weighted by molar-refractivity contribution is 0.318. The highest BCUT2D eigenvalue weighted by Crippen LogP contribution is 2.22. The monoisotopic (exact) mass is 304 g/mol. The SMILES string of the molecule is C#CCN(C)CCCCCCc1ccnc(C(N)=NO)c1O. The zero-order valence-electron chi connectivity index (χ0n) is 13.0. The topological polar surface area (TPSA) is 95.0 Å². The molecule has 0 unspecified atom stereocenters. The second kappa shape index (κ2) is 9.64. The van der Waals surface area contributed by atoms with Crippen LogP contribution in [0.25, 0.3) is 0 Å². The van der Waals surface area contributed by atoms with Crippen molar-refractivity contribution in [2.75, 3.05) is 20.1 Å². The summed E-state index contributed by atoms with van der Waals surface area (Å²) in [5.41, 5.74) is 6.36. The Balaban J connectivity index is 2.36. The molecule has 22 heavy (non-hydrogen) atoms. The van der Waals surface area contributed by atoms with E-state index in [0.29, 0.717) is 6.54 Å². The minimum atomic E-state index is -0.184. The normalized spacial score (nSPS) is 11.6. The van der Waals surface area contributed by atoms with Gasteiger partial charge in [0.15, 0.2) is 11.5 Å². The van der Waals surface area contributed by atoms with Gasteiger partial charge in [-0.1, -0.05) is 23.9 Å². The molecule has 1 aromatic heterocycles. The average Bonchev–Trinajstić information content (AvgIpc) is 2.51. The maximum atomic E-state index is 10.1. The number of amidine groups is 1. The summed E-state index contributed by atoms with van der Waals surface area (Å²) >= 11 is 0. The number of nitrogens with two attached hydrogens (primary N) is 1. The van der Waals surface area contributed by atoms with E-state index in [2.05, 4.69) is 21.0 Å². The molecule has 1 rings (SSSR count). The number of hydrogen-bond donors (Lipinski definition) is 3. The van der Waals surface area contributed by atoms with Crippen molar-refractivity contribution in [2.24, 2.45) is 10.9 Å². The minimum Gasteiger partial charge on any atom is -0.505 e. The second-order valence-corrected chi connectivity index (χ2v) is 5.26. The van der Waals surface area contributed by atoms with E-state index in [9.17, 15) is 5.11 Å². The van der Waals surface area contributed by atoms with Crippen LogP contribution in [0.5, 0.6) is 5.75 Å². The Morgan fingerprint density at radius 3 is 2.82 bits per heavy atom. The first kappa shape index (κ1) is 17.8. The molecule has 0 aromatic carbocycles. The first-order valence-electron chi connectivity index (χ1n) is 7.37. The number of hydrogen-bond acceptors (Lipinski definition) is 5. The van der Waals surface area contributed by atoms with Crippen molar-refractivity contribution >= 4 is 5.84 Å². The largest absolute Gasteiger partial charge is 0.505 e. The lowest BCUT2D eigenvalue weighted by atomic mass is 10.0. The van der Waals surface area contributed by atoms with Gasteiger partial charge in [0.2, 0.25) is 0 Å². The zero-order chi connectivity index (χ0) is 16.4. The highest BCUT2D eigenvalue weighted by molar-refractivity contribution is 5.97. The van der Waals surface area contributed by atoms with Crippen LogP contribution < -0.4 is 5.73 Å². The molecule has 0 aliphatic carbocycles. The van der Waals surface area contributed by atoms with Crippen molar-refractivity contribution in [2.45, 2.75) is 32.1 Å². The number of unbranched alkanes of at least 4 members (excludes halogenated alkanes) is 3. The van der Waals surface area contributed by atoms with Crippen molar-refractivity contribution < 1.29 is 10.3 Å². The summed E-state index contributed by atoms with van der Waals surface area (Å²) in [4.78, 5) is 6.04. The van der Waals surface area contributed by atoms with E-state index in [0.717, 1.165) is 44.2 Å². The summed E-state index contributed by atoms with van der Waals surface area (Å²) in [6.07, 6.45) is 11.8. The molecule has 6 heteroatoms. The molecule has 0 atom stereocenters. The van der Waals surface area contributed by atoms with Gasteiger partial charge in [-0.3, -0.25) is 4.90 Å². The van der Waals surface area contributed by atoms with Gasteiger partial charge in [-0.15, -0.1) is 6.42 Å². The van der Waals surface area contributed by atoms with Crippen molar-refractivity contribution in [1.82, 2.24) is 9.88 Å². The number of pyridine rings is 1. The van der Waals surface area contributed by atoms with Crippen LogP contribution >= 0.6 is 0 Å². The van der Waals surface area contributed by atoms with Gasteiger partial charge < -0.3 is 16.0 Å². The molecule has 0 saturated carbocycles. The van der Waals surface area contributed by atoms with Crippen LogP contribution in [0, 0.1) is 12.3 Å². The van der Waals surface area contributed by atoms with Gasteiger partial charge >= 0.3 is 0 Å². The molecular formula is C16H24N4O2. The van der Waals surface area contributed by atoms with E-state index in [1.165, 1.54) is 0 Å². The van der Waals surface area contributed by atoms with Crippen molar-refractivity contribution in [3.63, 3.8) is 0 Å². The van der Waals surface area contributed by atoms with Gasteiger partial charge in [0.25, 0.3) is 0 Å². The maximum Gasteiger partial charge on any atom is 0.192 e. The molecule has 0 saturated heterocycles. The second-order valence-electron chi connectivity index (χ2n) is 5.26. The summed E-state index contributed by atoms with van der Waals surface area (Å²) in [5.74, 6) is 2.43. The van der Waals surface area contributed by atoms with E-state index in [4.69, 9.17) is 17.4 Å². The predicted molar refractivity (Wildman–Crippen MR) is 86.9 cm³/mol. The highest BCUT2D eigenvalue weighted by Gasteiger charge is 2.11. The summed E-state index contributed by atoms with van der Waals surface area (Å²) in [6, 6.07) is 1.75. The van der Waals surface area contributed by atoms with Crippen LogP contribution in [0.2, 0.25) is 0 Å². The fourth-order valence-corrected chi connectivity index (χ4v) is 2.22. The van der Waals surface area contributed by atoms with Crippen molar-refractivity contribution in [1.29, 1.82) is 0 Å². The summed E-state index contributed by atoms with van der Waals surface area (Å²) in [5, 5.41) is 21.6. The number of nitrogens with zero attached hydrogens (tertiary/aromatic N) is 3. The van der Waals surface area contributed by atoms with Gasteiger partial charge in [0.05, 0.1) is 6.54 Å². The van der Waals surface area contributed by atoms with E-state index in [1.54, 1.807) is 12.3 Å². The highest BCUT2D eigenvalue weighted by atomic mass is 16.4. The number of aryl methyl sites for hydroxylation is 1. The third-order valence-corrected chi connectivity index (χ3v) is 3.46. The van der Waals surface area contributed by atoms with Gasteiger partial charge in [-0.05, 0) is 44.5 Å². The third-order valence-electron chi connectivity index (χ3n) is 3.46. The Hall–Kier alpha value is -2.26. The van der Waals surface area contributed by atoms with Crippen molar-refractivity contribution in [3.8, 4) is 18.1 Å². The molecule has 0 fully saturated rings. The Labute approximate surface area is 131 Å². The molecule has 120 valence electrons. The molecule has 0 amide bonds. The molecule has 0 bridgehead atoms. The molecule has 0 aliphatic rings. The molecule has 0 radical (unpaired) electrons. The fraction of sp³-hybridized carbons (Fsp3) is 0.500. The smallest absolute Gasteiger partial charge is 0.192 e. The van der Waals surface area contributed by atoms with E-state index in [1.807, 2.05) is 7.05 Å². The molecular weight excluding hydrogens is 280 g/mol. The number of terminal acetylenes is 1. The number of aromatic nitrogens is 1. The first-order chi connectivity index (χ1) is 10.6. The zero-order valence-corrected chi connectivity index (χ0v) is 13.0. The van der Waals surface area contributed by atoms with Gasteiger partial charge in [0.1, 0.15) is 5.75 Å². The maximum absolute atomic E-state index is 10.1. The third kappa shape index (κ3) is 5.62. The summed E-state index contributed by atoms with van der Waals surface area (Å²) in [7, 11) is 2.02. The Morgan fingerprint density at radius 1 is 1.41 bits per heavy atom. The fourth-order valence-electron chi connectivity index (χ4n) is 2.22. The molecule has 0 spiro atoms. The van der Waals surface area contributed by atoms with Gasteiger partial charge in [0, 0.05) is 6.20 Å². The lowest BCUT2D eigenvalue weighted by Crippen LogP contribution is -2.19.